The first kappa shape index (κ1) is 15.8. The van der Waals surface area contributed by atoms with Crippen molar-refractivity contribution in [3.8, 4) is 0 Å². The molecule has 0 radical (unpaired) electrons. The Labute approximate surface area is 127 Å². The van der Waals surface area contributed by atoms with E-state index < -0.39 is 0 Å². The van der Waals surface area contributed by atoms with Gasteiger partial charge in [-0.3, -0.25) is 4.79 Å². The SMILES string of the molecule is CN/C(=C1\C(=N)CC/C(=C\N(C)C)C1=O)C1CCCCC1. The average Bonchev–Trinajstić information content (AvgIpc) is 2.47. The van der Waals surface area contributed by atoms with Gasteiger partial charge in [0.25, 0.3) is 0 Å². The molecule has 0 unspecified atom stereocenters. The second kappa shape index (κ2) is 6.92. The molecule has 4 nitrogen and oxygen atoms in total. The van der Waals surface area contributed by atoms with Crippen LogP contribution in [0, 0.1) is 11.3 Å². The number of ketones is 1. The number of hydrogen-bond acceptors (Lipinski definition) is 4. The molecule has 2 N–H and O–H groups in total. The Morgan fingerprint density at radius 2 is 1.90 bits per heavy atom. The Morgan fingerprint density at radius 3 is 2.48 bits per heavy atom. The lowest BCUT2D eigenvalue weighted by Crippen LogP contribution is -2.30. The van der Waals surface area contributed by atoms with Gasteiger partial charge in [-0.2, -0.15) is 0 Å². The molecule has 0 aliphatic heterocycles. The molecule has 0 saturated heterocycles. The third kappa shape index (κ3) is 3.55. The predicted octanol–water partition coefficient (Wildman–Crippen LogP) is 2.87. The van der Waals surface area contributed by atoms with Gasteiger partial charge in [-0.1, -0.05) is 19.3 Å². The number of allylic oxidation sites excluding steroid dienone is 3. The number of nitrogens with one attached hydrogen (secondary N) is 2. The standard InChI is InChI=1S/C17H27N3O/c1-19-16(12-7-5-4-6-8-12)15-14(18)10-9-13(17(15)21)11-20(2)3/h11-12,18-19H,4-10H2,1-3H3/b13-11+,16-15+,18-14?. The van der Waals surface area contributed by atoms with E-state index in [2.05, 4.69) is 5.32 Å². The van der Waals surface area contributed by atoms with Gasteiger partial charge in [0.2, 0.25) is 0 Å². The first-order valence-electron chi connectivity index (χ1n) is 7.96. The first-order valence-corrected chi connectivity index (χ1v) is 7.96. The Morgan fingerprint density at radius 1 is 1.24 bits per heavy atom. The largest absolute Gasteiger partial charge is 0.391 e. The number of nitrogens with zero attached hydrogens (tertiary/aromatic N) is 1. The van der Waals surface area contributed by atoms with Crippen LogP contribution in [0.1, 0.15) is 44.9 Å². The van der Waals surface area contributed by atoms with E-state index in [1.165, 1.54) is 19.3 Å². The highest BCUT2D eigenvalue weighted by Gasteiger charge is 2.31. The average molecular weight is 289 g/mol. The van der Waals surface area contributed by atoms with Crippen LogP contribution in [-0.2, 0) is 4.79 Å². The quantitative estimate of drug-likeness (QED) is 0.786. The summed E-state index contributed by atoms with van der Waals surface area (Å²) in [7, 11) is 5.76. The second-order valence-electron chi connectivity index (χ2n) is 6.30. The fourth-order valence-corrected chi connectivity index (χ4v) is 3.44. The molecule has 116 valence electrons. The van der Waals surface area contributed by atoms with Crippen molar-refractivity contribution in [1.29, 1.82) is 5.41 Å². The maximum Gasteiger partial charge on any atom is 0.194 e. The van der Waals surface area contributed by atoms with Crippen molar-refractivity contribution in [3.63, 3.8) is 0 Å². The number of Topliss-reactive ketones (excluding diaryl/α,β-unsaturated/α-hetero) is 1. The fourth-order valence-electron chi connectivity index (χ4n) is 3.44. The fraction of sp³-hybridized carbons (Fsp3) is 0.647. The van der Waals surface area contributed by atoms with Gasteiger partial charge in [-0.05, 0) is 31.6 Å². The van der Waals surface area contributed by atoms with Crippen molar-refractivity contribution in [2.45, 2.75) is 44.9 Å². The third-order valence-electron chi connectivity index (χ3n) is 4.43. The summed E-state index contributed by atoms with van der Waals surface area (Å²) >= 11 is 0. The lowest BCUT2D eigenvalue weighted by atomic mass is 9.79. The van der Waals surface area contributed by atoms with Crippen molar-refractivity contribution in [1.82, 2.24) is 10.2 Å². The van der Waals surface area contributed by atoms with E-state index in [1.807, 2.05) is 32.2 Å². The minimum Gasteiger partial charge on any atom is -0.391 e. The summed E-state index contributed by atoms with van der Waals surface area (Å²) in [5, 5.41) is 11.5. The highest BCUT2D eigenvalue weighted by atomic mass is 16.1. The number of rotatable bonds is 3. The van der Waals surface area contributed by atoms with Gasteiger partial charge in [0, 0.05) is 44.3 Å². The molecule has 21 heavy (non-hydrogen) atoms. The van der Waals surface area contributed by atoms with Crippen molar-refractivity contribution in [2.75, 3.05) is 21.1 Å². The van der Waals surface area contributed by atoms with Crippen LogP contribution in [-0.4, -0.2) is 37.5 Å². The lowest BCUT2D eigenvalue weighted by Gasteiger charge is -2.29. The van der Waals surface area contributed by atoms with E-state index in [1.54, 1.807) is 0 Å². The van der Waals surface area contributed by atoms with Gasteiger partial charge in [-0.15, -0.1) is 0 Å². The molecular formula is C17H27N3O. The van der Waals surface area contributed by atoms with Crippen LogP contribution in [0.15, 0.2) is 23.0 Å². The highest BCUT2D eigenvalue weighted by Crippen LogP contribution is 2.33. The zero-order chi connectivity index (χ0) is 15.4. The molecule has 4 heteroatoms. The summed E-state index contributed by atoms with van der Waals surface area (Å²) in [6.45, 7) is 0. The summed E-state index contributed by atoms with van der Waals surface area (Å²) in [4.78, 5) is 14.7. The number of carbonyl (C=O) groups excluding carboxylic acids is 1. The molecule has 2 rings (SSSR count). The highest BCUT2D eigenvalue weighted by molar-refractivity contribution is 6.29. The summed E-state index contributed by atoms with van der Waals surface area (Å²) in [5.74, 6) is 0.469. The van der Waals surface area contributed by atoms with Gasteiger partial charge < -0.3 is 15.6 Å². The monoisotopic (exact) mass is 289 g/mol. The van der Waals surface area contributed by atoms with Crippen LogP contribution >= 0.6 is 0 Å². The molecule has 0 atom stereocenters. The molecule has 0 bridgehead atoms. The third-order valence-corrected chi connectivity index (χ3v) is 4.43. The molecule has 0 heterocycles. The zero-order valence-corrected chi connectivity index (χ0v) is 13.5. The van der Waals surface area contributed by atoms with Gasteiger partial charge in [0.1, 0.15) is 0 Å². The van der Waals surface area contributed by atoms with Crippen molar-refractivity contribution in [2.24, 2.45) is 5.92 Å². The Kier molecular flexibility index (Phi) is 5.21. The van der Waals surface area contributed by atoms with Crippen LogP contribution in [0.2, 0.25) is 0 Å². The molecular weight excluding hydrogens is 262 g/mol. The van der Waals surface area contributed by atoms with Crippen molar-refractivity contribution < 1.29 is 4.79 Å². The molecule has 2 saturated carbocycles. The maximum absolute atomic E-state index is 12.8. The van der Waals surface area contributed by atoms with Crippen LogP contribution in [0.4, 0.5) is 0 Å². The number of hydrogen-bond donors (Lipinski definition) is 2. The molecule has 2 aliphatic rings. The summed E-state index contributed by atoms with van der Waals surface area (Å²) < 4.78 is 0. The molecule has 0 aromatic heterocycles. The second-order valence-corrected chi connectivity index (χ2v) is 6.30. The Hall–Kier alpha value is -1.58. The maximum atomic E-state index is 12.8. The van der Waals surface area contributed by atoms with Crippen LogP contribution < -0.4 is 5.32 Å². The van der Waals surface area contributed by atoms with Crippen LogP contribution in [0.3, 0.4) is 0 Å². The molecule has 2 fully saturated rings. The first-order chi connectivity index (χ1) is 10.0. The normalized spacial score (nSPS) is 25.2. The van der Waals surface area contributed by atoms with Crippen molar-refractivity contribution >= 4 is 11.5 Å². The van der Waals surface area contributed by atoms with Gasteiger partial charge in [-0.25, -0.2) is 0 Å². The minimum atomic E-state index is 0.0508. The van der Waals surface area contributed by atoms with E-state index in [0.29, 0.717) is 30.0 Å². The Bertz CT molecular complexity index is 482. The van der Waals surface area contributed by atoms with Crippen LogP contribution in [0.5, 0.6) is 0 Å². The van der Waals surface area contributed by atoms with E-state index in [9.17, 15) is 4.79 Å². The molecule has 0 aromatic carbocycles. The molecule has 0 spiro atoms. The van der Waals surface area contributed by atoms with E-state index >= 15 is 0 Å². The molecule has 0 aromatic rings. The van der Waals surface area contributed by atoms with Gasteiger partial charge in [0.05, 0.1) is 5.57 Å². The van der Waals surface area contributed by atoms with Crippen LogP contribution in [0.25, 0.3) is 0 Å². The van der Waals surface area contributed by atoms with E-state index in [-0.39, 0.29) is 5.78 Å². The number of carbonyl (C=O) groups is 1. The Balaban J connectivity index is 2.37. The summed E-state index contributed by atoms with van der Waals surface area (Å²) in [6.07, 6.45) is 9.26. The minimum absolute atomic E-state index is 0.0508. The van der Waals surface area contributed by atoms with Crippen molar-refractivity contribution in [3.05, 3.63) is 23.0 Å². The van der Waals surface area contributed by atoms with E-state index in [0.717, 1.165) is 24.1 Å². The van der Waals surface area contributed by atoms with E-state index in [4.69, 9.17) is 5.41 Å². The topological polar surface area (TPSA) is 56.2 Å². The molecule has 2 aliphatic carbocycles. The van der Waals surface area contributed by atoms with Gasteiger partial charge in [0.15, 0.2) is 5.78 Å². The summed E-state index contributed by atoms with van der Waals surface area (Å²) in [6, 6.07) is 0. The zero-order valence-electron chi connectivity index (χ0n) is 13.5. The molecule has 0 amide bonds. The smallest absolute Gasteiger partial charge is 0.194 e. The predicted molar refractivity (Wildman–Crippen MR) is 86.4 cm³/mol. The summed E-state index contributed by atoms with van der Waals surface area (Å²) in [5.41, 5.74) is 2.98. The lowest BCUT2D eigenvalue weighted by molar-refractivity contribution is -0.112. The van der Waals surface area contributed by atoms with Gasteiger partial charge >= 0.3 is 0 Å².